The van der Waals surface area contributed by atoms with E-state index in [0.717, 1.165) is 0 Å². The molecule has 0 amide bonds. The molecule has 76 valence electrons. The Balaban J connectivity index is 2.76. The normalized spacial score (nSPS) is 24.2. The number of hydrazine groups is 1. The van der Waals surface area contributed by atoms with E-state index in [1.54, 1.807) is 0 Å². The summed E-state index contributed by atoms with van der Waals surface area (Å²) in [6, 6.07) is 0.432. The summed E-state index contributed by atoms with van der Waals surface area (Å²) < 4.78 is 0. The van der Waals surface area contributed by atoms with Crippen LogP contribution in [0.2, 0.25) is 0 Å². The molecule has 0 aromatic heterocycles. The van der Waals surface area contributed by atoms with Crippen molar-refractivity contribution in [3.05, 3.63) is 11.8 Å². The maximum absolute atomic E-state index is 3.31. The Morgan fingerprint density at radius 1 is 1.08 bits per heavy atom. The van der Waals surface area contributed by atoms with E-state index < -0.39 is 0 Å². The van der Waals surface area contributed by atoms with Gasteiger partial charge in [-0.1, -0.05) is 41.5 Å². The molecule has 13 heavy (non-hydrogen) atoms. The summed E-state index contributed by atoms with van der Waals surface area (Å²) in [6.07, 6.45) is 2.31. The van der Waals surface area contributed by atoms with Crippen LogP contribution in [0.1, 0.15) is 41.5 Å². The number of allylic oxidation sites excluding steroid dienone is 1. The lowest BCUT2D eigenvalue weighted by Crippen LogP contribution is -2.41. The maximum atomic E-state index is 3.31. The molecule has 1 aliphatic rings. The lowest BCUT2D eigenvalue weighted by atomic mass is 9.85. The zero-order chi connectivity index (χ0) is 10.3. The second kappa shape index (κ2) is 3.02. The molecule has 1 rings (SSSR count). The molecule has 1 heterocycles. The van der Waals surface area contributed by atoms with E-state index in [9.17, 15) is 0 Å². The standard InChI is InChI=1S/C11H22N2/c1-10(2,3)8-7-9(13-12-8)11(4,5)6/h7-8,12-13H,1-6H3. The van der Waals surface area contributed by atoms with Crippen LogP contribution in [-0.2, 0) is 0 Å². The first-order chi connectivity index (χ1) is 5.71. The van der Waals surface area contributed by atoms with E-state index in [2.05, 4.69) is 58.5 Å². The molecular formula is C11H22N2. The van der Waals surface area contributed by atoms with Gasteiger partial charge in [0.1, 0.15) is 0 Å². The average molecular weight is 182 g/mol. The SMILES string of the molecule is CC(C)(C)C1=CC(C(C)(C)C)NN1. The van der Waals surface area contributed by atoms with Gasteiger partial charge in [-0.2, -0.15) is 0 Å². The molecule has 0 bridgehead atoms. The Morgan fingerprint density at radius 2 is 1.62 bits per heavy atom. The van der Waals surface area contributed by atoms with Crippen LogP contribution < -0.4 is 10.9 Å². The van der Waals surface area contributed by atoms with Crippen molar-refractivity contribution >= 4 is 0 Å². The molecule has 1 aliphatic heterocycles. The third-order valence-corrected chi connectivity index (χ3v) is 2.44. The van der Waals surface area contributed by atoms with Crippen molar-refractivity contribution in [3.63, 3.8) is 0 Å². The van der Waals surface area contributed by atoms with E-state index in [0.29, 0.717) is 6.04 Å². The Hall–Kier alpha value is -0.500. The quantitative estimate of drug-likeness (QED) is 0.601. The summed E-state index contributed by atoms with van der Waals surface area (Å²) in [5.74, 6) is 0. The highest BCUT2D eigenvalue weighted by molar-refractivity contribution is 5.18. The van der Waals surface area contributed by atoms with Crippen molar-refractivity contribution in [3.8, 4) is 0 Å². The second-order valence-electron chi connectivity index (χ2n) is 5.94. The third-order valence-electron chi connectivity index (χ3n) is 2.44. The summed E-state index contributed by atoms with van der Waals surface area (Å²) >= 11 is 0. The molecule has 2 nitrogen and oxygen atoms in total. The van der Waals surface area contributed by atoms with Crippen molar-refractivity contribution < 1.29 is 0 Å². The van der Waals surface area contributed by atoms with Crippen LogP contribution >= 0.6 is 0 Å². The lowest BCUT2D eigenvalue weighted by molar-refractivity contribution is 0.310. The Bertz CT molecular complexity index is 215. The Labute approximate surface area is 81.8 Å². The average Bonchev–Trinajstić information content (AvgIpc) is 2.28. The fourth-order valence-electron chi connectivity index (χ4n) is 1.31. The van der Waals surface area contributed by atoms with E-state index in [-0.39, 0.29) is 10.8 Å². The summed E-state index contributed by atoms with van der Waals surface area (Å²) in [7, 11) is 0. The predicted molar refractivity (Wildman–Crippen MR) is 57.1 cm³/mol. The summed E-state index contributed by atoms with van der Waals surface area (Å²) in [6.45, 7) is 13.4. The first-order valence-electron chi connectivity index (χ1n) is 4.95. The van der Waals surface area contributed by atoms with Gasteiger partial charge in [-0.05, 0) is 11.5 Å². The minimum atomic E-state index is 0.215. The van der Waals surface area contributed by atoms with Gasteiger partial charge in [-0.3, -0.25) is 0 Å². The first-order valence-corrected chi connectivity index (χ1v) is 4.95. The number of hydrogen-bond acceptors (Lipinski definition) is 2. The van der Waals surface area contributed by atoms with Gasteiger partial charge in [0.15, 0.2) is 0 Å². The number of nitrogens with one attached hydrogen (secondary N) is 2. The molecule has 2 heteroatoms. The molecule has 1 unspecified atom stereocenters. The van der Waals surface area contributed by atoms with E-state index in [1.165, 1.54) is 5.70 Å². The summed E-state index contributed by atoms with van der Waals surface area (Å²) in [5, 5.41) is 0. The van der Waals surface area contributed by atoms with Gasteiger partial charge in [0, 0.05) is 11.1 Å². The fraction of sp³-hybridized carbons (Fsp3) is 0.818. The molecule has 0 saturated carbocycles. The van der Waals surface area contributed by atoms with Gasteiger partial charge in [-0.25, -0.2) is 5.43 Å². The maximum Gasteiger partial charge on any atom is 0.0508 e. The monoisotopic (exact) mass is 182 g/mol. The Morgan fingerprint density at radius 3 is 1.85 bits per heavy atom. The molecule has 0 saturated heterocycles. The summed E-state index contributed by atoms with van der Waals surface area (Å²) in [5.41, 5.74) is 8.37. The largest absolute Gasteiger partial charge is 0.325 e. The van der Waals surface area contributed by atoms with Gasteiger partial charge in [-0.15, -0.1) is 0 Å². The van der Waals surface area contributed by atoms with Crippen LogP contribution in [0.5, 0.6) is 0 Å². The highest BCUT2D eigenvalue weighted by atomic mass is 15.4. The molecule has 2 N–H and O–H groups in total. The number of rotatable bonds is 0. The second-order valence-corrected chi connectivity index (χ2v) is 5.94. The zero-order valence-corrected chi connectivity index (χ0v) is 9.65. The van der Waals surface area contributed by atoms with Gasteiger partial charge in [0.2, 0.25) is 0 Å². The molecule has 0 aromatic rings. The third kappa shape index (κ3) is 2.47. The van der Waals surface area contributed by atoms with Gasteiger partial charge >= 0.3 is 0 Å². The minimum Gasteiger partial charge on any atom is -0.325 e. The van der Waals surface area contributed by atoms with Crippen LogP contribution in [0.3, 0.4) is 0 Å². The van der Waals surface area contributed by atoms with E-state index in [1.807, 2.05) is 0 Å². The molecule has 1 atom stereocenters. The minimum absolute atomic E-state index is 0.215. The smallest absolute Gasteiger partial charge is 0.0508 e. The molecule has 0 aliphatic carbocycles. The molecule has 0 spiro atoms. The van der Waals surface area contributed by atoms with Crippen LogP contribution in [0, 0.1) is 10.8 Å². The van der Waals surface area contributed by atoms with Gasteiger partial charge in [0.25, 0.3) is 0 Å². The Kier molecular flexibility index (Phi) is 2.46. The van der Waals surface area contributed by atoms with Crippen molar-refractivity contribution in [1.29, 1.82) is 0 Å². The van der Waals surface area contributed by atoms with Gasteiger partial charge < -0.3 is 5.43 Å². The highest BCUT2D eigenvalue weighted by Crippen LogP contribution is 2.30. The highest BCUT2D eigenvalue weighted by Gasteiger charge is 2.30. The van der Waals surface area contributed by atoms with Crippen LogP contribution in [-0.4, -0.2) is 6.04 Å². The number of hydrogen-bond donors (Lipinski definition) is 2. The predicted octanol–water partition coefficient (Wildman–Crippen LogP) is 2.44. The lowest BCUT2D eigenvalue weighted by Gasteiger charge is -2.24. The van der Waals surface area contributed by atoms with Crippen LogP contribution in [0.4, 0.5) is 0 Å². The van der Waals surface area contributed by atoms with Crippen molar-refractivity contribution in [2.24, 2.45) is 10.8 Å². The molecule has 0 aromatic carbocycles. The van der Waals surface area contributed by atoms with Crippen molar-refractivity contribution in [1.82, 2.24) is 10.9 Å². The fourth-order valence-corrected chi connectivity index (χ4v) is 1.31. The topological polar surface area (TPSA) is 24.1 Å². The summed E-state index contributed by atoms with van der Waals surface area (Å²) in [4.78, 5) is 0. The van der Waals surface area contributed by atoms with Crippen LogP contribution in [0.15, 0.2) is 11.8 Å². The van der Waals surface area contributed by atoms with E-state index >= 15 is 0 Å². The molecule has 0 fully saturated rings. The van der Waals surface area contributed by atoms with Gasteiger partial charge in [0.05, 0.1) is 6.04 Å². The van der Waals surface area contributed by atoms with E-state index in [4.69, 9.17) is 0 Å². The van der Waals surface area contributed by atoms with Crippen molar-refractivity contribution in [2.75, 3.05) is 0 Å². The van der Waals surface area contributed by atoms with Crippen LogP contribution in [0.25, 0.3) is 0 Å². The first kappa shape index (κ1) is 10.6. The molecular weight excluding hydrogens is 160 g/mol. The van der Waals surface area contributed by atoms with Crippen molar-refractivity contribution in [2.45, 2.75) is 47.6 Å². The molecule has 0 radical (unpaired) electrons. The zero-order valence-electron chi connectivity index (χ0n) is 9.65.